The standard InChI is InChI=1S/C19H29F3OSi/c1-18(2,3)24(4,5)23-15-9-7-6-8-10-16-11-13-17(14-12-16)19(20,21)22/h6-7,11-14H,8-10,15H2,1-5H3/b7-6+. The normalized spacial score (nSPS) is 13.7. The highest BCUT2D eigenvalue weighted by Crippen LogP contribution is 2.36. The van der Waals surface area contributed by atoms with Crippen LogP contribution < -0.4 is 0 Å². The van der Waals surface area contributed by atoms with Crippen molar-refractivity contribution in [2.24, 2.45) is 0 Å². The van der Waals surface area contributed by atoms with Crippen molar-refractivity contribution in [2.45, 2.75) is 64.3 Å². The Hall–Kier alpha value is -1.07. The van der Waals surface area contributed by atoms with E-state index in [4.69, 9.17) is 4.43 Å². The molecule has 0 saturated carbocycles. The van der Waals surface area contributed by atoms with E-state index < -0.39 is 20.1 Å². The summed E-state index contributed by atoms with van der Waals surface area (Å²) in [6.07, 6.45) is 2.36. The van der Waals surface area contributed by atoms with Gasteiger partial charge in [0.1, 0.15) is 0 Å². The number of benzene rings is 1. The van der Waals surface area contributed by atoms with Crippen LogP contribution in [0.2, 0.25) is 18.1 Å². The average Bonchev–Trinajstić information content (AvgIpc) is 2.44. The van der Waals surface area contributed by atoms with Gasteiger partial charge in [0.25, 0.3) is 0 Å². The molecule has 0 bridgehead atoms. The Morgan fingerprint density at radius 2 is 1.50 bits per heavy atom. The molecule has 1 aromatic rings. The van der Waals surface area contributed by atoms with Gasteiger partial charge in [-0.1, -0.05) is 45.1 Å². The van der Waals surface area contributed by atoms with Crippen molar-refractivity contribution in [2.75, 3.05) is 6.61 Å². The zero-order chi connectivity index (χ0) is 18.4. The molecule has 136 valence electrons. The Balaban J connectivity index is 2.29. The Morgan fingerprint density at radius 3 is 2.00 bits per heavy atom. The van der Waals surface area contributed by atoms with E-state index in [-0.39, 0.29) is 5.04 Å². The van der Waals surface area contributed by atoms with Gasteiger partial charge in [0.05, 0.1) is 5.56 Å². The molecule has 24 heavy (non-hydrogen) atoms. The fourth-order valence-corrected chi connectivity index (χ4v) is 3.01. The smallest absolute Gasteiger partial charge is 0.416 e. The molecule has 0 atom stereocenters. The number of alkyl halides is 3. The van der Waals surface area contributed by atoms with Gasteiger partial charge in [0.2, 0.25) is 0 Å². The fourth-order valence-electron chi connectivity index (χ4n) is 1.94. The van der Waals surface area contributed by atoms with Crippen LogP contribution in [0.4, 0.5) is 13.2 Å². The van der Waals surface area contributed by atoms with Crippen molar-refractivity contribution in [3.63, 3.8) is 0 Å². The Labute approximate surface area is 145 Å². The van der Waals surface area contributed by atoms with Crippen LogP contribution in [-0.4, -0.2) is 14.9 Å². The van der Waals surface area contributed by atoms with E-state index in [2.05, 4.69) is 46.0 Å². The molecule has 0 aliphatic carbocycles. The van der Waals surface area contributed by atoms with Gasteiger partial charge in [-0.15, -0.1) is 0 Å². The molecule has 0 unspecified atom stereocenters. The lowest BCUT2D eigenvalue weighted by Crippen LogP contribution is -2.40. The Morgan fingerprint density at radius 1 is 0.958 bits per heavy atom. The number of rotatable bonds is 7. The lowest BCUT2D eigenvalue weighted by molar-refractivity contribution is -0.137. The second kappa shape index (κ2) is 8.34. The van der Waals surface area contributed by atoms with Crippen LogP contribution in [0.15, 0.2) is 36.4 Å². The highest BCUT2D eigenvalue weighted by molar-refractivity contribution is 6.74. The van der Waals surface area contributed by atoms with Crippen LogP contribution in [0.25, 0.3) is 0 Å². The summed E-state index contributed by atoms with van der Waals surface area (Å²) >= 11 is 0. The quantitative estimate of drug-likeness (QED) is 0.303. The summed E-state index contributed by atoms with van der Waals surface area (Å²) < 4.78 is 43.5. The van der Waals surface area contributed by atoms with Crippen LogP contribution in [0.5, 0.6) is 0 Å². The molecule has 0 amide bonds. The van der Waals surface area contributed by atoms with Crippen LogP contribution >= 0.6 is 0 Å². The summed E-state index contributed by atoms with van der Waals surface area (Å²) in [6.45, 7) is 11.9. The van der Waals surface area contributed by atoms with E-state index in [0.717, 1.165) is 43.6 Å². The number of allylic oxidation sites excluding steroid dienone is 1. The van der Waals surface area contributed by atoms with Gasteiger partial charge < -0.3 is 4.43 Å². The predicted octanol–water partition coefficient (Wildman–Crippen LogP) is 6.61. The SMILES string of the molecule is CC(C)(C)[Si](C)(C)OCC/C=C/CCc1ccc(C(F)(F)F)cc1. The summed E-state index contributed by atoms with van der Waals surface area (Å²) in [7, 11) is -1.67. The minimum atomic E-state index is -4.26. The summed E-state index contributed by atoms with van der Waals surface area (Å²) in [6, 6.07) is 5.40. The molecule has 0 N–H and O–H groups in total. The third kappa shape index (κ3) is 6.81. The lowest BCUT2D eigenvalue weighted by Gasteiger charge is -2.36. The van der Waals surface area contributed by atoms with Crippen molar-refractivity contribution in [1.29, 1.82) is 0 Å². The maximum Gasteiger partial charge on any atom is 0.416 e. The third-order valence-corrected chi connectivity index (χ3v) is 9.14. The number of halogens is 3. The number of hydrogen-bond donors (Lipinski definition) is 0. The molecule has 0 heterocycles. The van der Waals surface area contributed by atoms with E-state index in [0.29, 0.717) is 0 Å². The number of hydrogen-bond acceptors (Lipinski definition) is 1. The summed E-state index contributed by atoms with van der Waals surface area (Å²) in [5.41, 5.74) is 0.328. The molecule has 0 aliphatic rings. The second-order valence-corrected chi connectivity index (χ2v) is 12.4. The average molecular weight is 359 g/mol. The first-order valence-corrected chi connectivity index (χ1v) is 11.3. The van der Waals surface area contributed by atoms with Crippen molar-refractivity contribution in [3.05, 3.63) is 47.5 Å². The first kappa shape index (κ1) is 21.0. The molecular weight excluding hydrogens is 329 g/mol. The Bertz CT molecular complexity index is 525. The van der Waals surface area contributed by atoms with Gasteiger partial charge in [0, 0.05) is 6.61 Å². The monoisotopic (exact) mass is 358 g/mol. The first-order valence-electron chi connectivity index (χ1n) is 8.38. The first-order chi connectivity index (χ1) is 10.9. The molecule has 1 rings (SSSR count). The summed E-state index contributed by atoms with van der Waals surface area (Å²) in [5.74, 6) is 0. The maximum atomic E-state index is 12.5. The van der Waals surface area contributed by atoms with Gasteiger partial charge in [-0.2, -0.15) is 13.2 Å². The van der Waals surface area contributed by atoms with Gasteiger partial charge in [-0.3, -0.25) is 0 Å². The van der Waals surface area contributed by atoms with Gasteiger partial charge in [-0.25, -0.2) is 0 Å². The van der Waals surface area contributed by atoms with Crippen molar-refractivity contribution in [1.82, 2.24) is 0 Å². The molecule has 0 fully saturated rings. The second-order valence-electron chi connectivity index (χ2n) is 7.60. The lowest BCUT2D eigenvalue weighted by atomic mass is 10.1. The number of aryl methyl sites for hydroxylation is 1. The third-order valence-electron chi connectivity index (χ3n) is 4.60. The van der Waals surface area contributed by atoms with Crippen LogP contribution in [0.3, 0.4) is 0 Å². The minimum Gasteiger partial charge on any atom is -0.417 e. The van der Waals surface area contributed by atoms with Crippen LogP contribution in [-0.2, 0) is 17.0 Å². The molecule has 0 saturated heterocycles. The van der Waals surface area contributed by atoms with Crippen molar-refractivity contribution >= 4 is 8.32 Å². The Kier molecular flexibility index (Phi) is 7.29. The summed E-state index contributed by atoms with van der Waals surface area (Å²) in [5, 5.41) is 0.222. The zero-order valence-corrected chi connectivity index (χ0v) is 16.3. The molecule has 0 aliphatic heterocycles. The predicted molar refractivity (Wildman–Crippen MR) is 96.7 cm³/mol. The van der Waals surface area contributed by atoms with E-state index in [1.165, 1.54) is 0 Å². The highest BCUT2D eigenvalue weighted by atomic mass is 28.4. The molecule has 5 heteroatoms. The van der Waals surface area contributed by atoms with E-state index >= 15 is 0 Å². The maximum absolute atomic E-state index is 12.5. The molecule has 0 radical (unpaired) electrons. The van der Waals surface area contributed by atoms with Crippen molar-refractivity contribution in [3.8, 4) is 0 Å². The van der Waals surface area contributed by atoms with E-state index in [9.17, 15) is 13.2 Å². The minimum absolute atomic E-state index is 0.222. The highest BCUT2D eigenvalue weighted by Gasteiger charge is 2.36. The largest absolute Gasteiger partial charge is 0.417 e. The van der Waals surface area contributed by atoms with Gasteiger partial charge in [0.15, 0.2) is 8.32 Å². The molecule has 1 nitrogen and oxygen atoms in total. The topological polar surface area (TPSA) is 9.23 Å². The summed E-state index contributed by atoms with van der Waals surface area (Å²) in [4.78, 5) is 0. The molecular formula is C19H29F3OSi. The van der Waals surface area contributed by atoms with Gasteiger partial charge >= 0.3 is 6.18 Å². The van der Waals surface area contributed by atoms with Crippen LogP contribution in [0, 0.1) is 0 Å². The van der Waals surface area contributed by atoms with Crippen LogP contribution in [0.1, 0.15) is 44.7 Å². The van der Waals surface area contributed by atoms with E-state index in [1.54, 1.807) is 12.1 Å². The fraction of sp³-hybridized carbons (Fsp3) is 0.579. The molecule has 0 aromatic heterocycles. The molecule has 0 spiro atoms. The molecule has 1 aromatic carbocycles. The zero-order valence-electron chi connectivity index (χ0n) is 15.3. The van der Waals surface area contributed by atoms with E-state index in [1.807, 2.05) is 0 Å². The van der Waals surface area contributed by atoms with Gasteiger partial charge in [-0.05, 0) is 55.1 Å². The van der Waals surface area contributed by atoms with Crippen molar-refractivity contribution < 1.29 is 17.6 Å².